The Morgan fingerprint density at radius 2 is 1.62 bits per heavy atom. The quantitative estimate of drug-likeness (QED) is 0.703. The fraction of sp³-hybridized carbons (Fsp3) is 0.391. The molecule has 1 aliphatic rings. The van der Waals surface area contributed by atoms with Crippen molar-refractivity contribution >= 4 is 17.6 Å². The lowest BCUT2D eigenvalue weighted by Crippen LogP contribution is -2.49. The van der Waals surface area contributed by atoms with Gasteiger partial charge in [0.2, 0.25) is 0 Å². The van der Waals surface area contributed by atoms with Gasteiger partial charge in [0.15, 0.2) is 6.61 Å². The van der Waals surface area contributed by atoms with Gasteiger partial charge >= 0.3 is 5.97 Å². The molecular weight excluding hydrogens is 368 g/mol. The predicted molar refractivity (Wildman–Crippen MR) is 112 cm³/mol. The summed E-state index contributed by atoms with van der Waals surface area (Å²) in [6.07, 6.45) is 0.180. The van der Waals surface area contributed by atoms with Crippen LogP contribution in [0.5, 0.6) is 5.75 Å². The summed E-state index contributed by atoms with van der Waals surface area (Å²) in [5.74, 6) is 0.302. The minimum atomic E-state index is -0.376. The highest BCUT2D eigenvalue weighted by Crippen LogP contribution is 2.20. The van der Waals surface area contributed by atoms with Crippen molar-refractivity contribution in [1.29, 1.82) is 0 Å². The minimum Gasteiger partial charge on any atom is -0.497 e. The summed E-state index contributed by atoms with van der Waals surface area (Å²) < 4.78 is 10.4. The van der Waals surface area contributed by atoms with E-state index in [2.05, 4.69) is 4.90 Å². The zero-order valence-electron chi connectivity index (χ0n) is 17.3. The lowest BCUT2D eigenvalue weighted by molar-refractivity contribution is -0.151. The average Bonchev–Trinajstić information content (AvgIpc) is 2.75. The van der Waals surface area contributed by atoms with Gasteiger partial charge < -0.3 is 19.3 Å². The highest BCUT2D eigenvalue weighted by Gasteiger charge is 2.22. The maximum absolute atomic E-state index is 12.4. The van der Waals surface area contributed by atoms with E-state index in [0.717, 1.165) is 35.7 Å². The minimum absolute atomic E-state index is 0.146. The Hall–Kier alpha value is -3.02. The number of amides is 1. The molecule has 2 aromatic carbocycles. The summed E-state index contributed by atoms with van der Waals surface area (Å²) >= 11 is 0. The number of hydrogen-bond donors (Lipinski definition) is 0. The summed E-state index contributed by atoms with van der Waals surface area (Å²) in [6.45, 7) is 6.55. The first-order chi connectivity index (χ1) is 14.0. The van der Waals surface area contributed by atoms with E-state index in [1.165, 1.54) is 5.56 Å². The molecule has 1 heterocycles. The van der Waals surface area contributed by atoms with Gasteiger partial charge in [-0.25, -0.2) is 0 Å². The van der Waals surface area contributed by atoms with Gasteiger partial charge in [-0.2, -0.15) is 0 Å². The second-order valence-electron chi connectivity index (χ2n) is 7.32. The Bertz CT molecular complexity index is 856. The molecule has 0 spiro atoms. The topological polar surface area (TPSA) is 59.1 Å². The molecule has 29 heavy (non-hydrogen) atoms. The Morgan fingerprint density at radius 3 is 2.24 bits per heavy atom. The number of methoxy groups -OCH3 is 1. The van der Waals surface area contributed by atoms with E-state index in [0.29, 0.717) is 13.1 Å². The number of aryl methyl sites for hydroxylation is 2. The molecule has 1 saturated heterocycles. The van der Waals surface area contributed by atoms with Gasteiger partial charge in [0.25, 0.3) is 5.91 Å². The molecule has 0 atom stereocenters. The maximum atomic E-state index is 12.4. The first kappa shape index (κ1) is 20.7. The van der Waals surface area contributed by atoms with Crippen molar-refractivity contribution in [3.05, 3.63) is 59.2 Å². The number of carbonyl (C=O) groups excluding carboxylic acids is 2. The number of ether oxygens (including phenoxy) is 2. The normalized spacial score (nSPS) is 13.9. The summed E-state index contributed by atoms with van der Waals surface area (Å²) in [6, 6.07) is 13.8. The van der Waals surface area contributed by atoms with Crippen LogP contribution in [0, 0.1) is 13.8 Å². The lowest BCUT2D eigenvalue weighted by Gasteiger charge is -2.36. The van der Waals surface area contributed by atoms with Gasteiger partial charge in [0.1, 0.15) is 5.75 Å². The number of piperazine rings is 1. The van der Waals surface area contributed by atoms with Crippen molar-refractivity contribution in [3.63, 3.8) is 0 Å². The van der Waals surface area contributed by atoms with Crippen molar-refractivity contribution in [2.75, 3.05) is 44.8 Å². The van der Waals surface area contributed by atoms with Crippen LogP contribution in [0.4, 0.5) is 5.69 Å². The second-order valence-corrected chi connectivity index (χ2v) is 7.32. The standard InChI is InChI=1S/C23H28N2O4/c1-17-4-5-19(14-18(17)2)15-23(27)29-16-22(26)25-12-10-24(11-13-25)20-6-8-21(28-3)9-7-20/h4-9,14H,10-13,15-16H2,1-3H3. The fourth-order valence-electron chi connectivity index (χ4n) is 3.37. The van der Waals surface area contributed by atoms with Crippen LogP contribution >= 0.6 is 0 Å². The number of benzene rings is 2. The van der Waals surface area contributed by atoms with Crippen LogP contribution in [0.3, 0.4) is 0 Å². The molecule has 2 aromatic rings. The van der Waals surface area contributed by atoms with Gasteiger partial charge in [-0.1, -0.05) is 18.2 Å². The second kappa shape index (κ2) is 9.45. The Balaban J connectivity index is 1.43. The van der Waals surface area contributed by atoms with Gasteiger partial charge in [0, 0.05) is 31.9 Å². The third-order valence-corrected chi connectivity index (χ3v) is 5.35. The van der Waals surface area contributed by atoms with Crippen LogP contribution in [-0.2, 0) is 20.7 Å². The van der Waals surface area contributed by atoms with Crippen LogP contribution in [-0.4, -0.2) is 56.7 Å². The van der Waals surface area contributed by atoms with Gasteiger partial charge in [-0.3, -0.25) is 9.59 Å². The van der Waals surface area contributed by atoms with E-state index in [9.17, 15) is 9.59 Å². The maximum Gasteiger partial charge on any atom is 0.310 e. The van der Waals surface area contributed by atoms with E-state index in [1.807, 2.05) is 56.3 Å². The van der Waals surface area contributed by atoms with Crippen molar-refractivity contribution in [2.24, 2.45) is 0 Å². The molecular formula is C23H28N2O4. The molecule has 6 heteroatoms. The number of nitrogens with zero attached hydrogens (tertiary/aromatic N) is 2. The summed E-state index contributed by atoms with van der Waals surface area (Å²) in [5, 5.41) is 0. The van der Waals surface area contributed by atoms with Crippen molar-refractivity contribution in [1.82, 2.24) is 4.90 Å². The average molecular weight is 396 g/mol. The molecule has 1 aliphatic heterocycles. The number of rotatable bonds is 6. The molecule has 0 aliphatic carbocycles. The van der Waals surface area contributed by atoms with Crippen molar-refractivity contribution in [2.45, 2.75) is 20.3 Å². The van der Waals surface area contributed by atoms with Crippen molar-refractivity contribution in [3.8, 4) is 5.75 Å². The largest absolute Gasteiger partial charge is 0.497 e. The first-order valence-corrected chi connectivity index (χ1v) is 9.85. The summed E-state index contributed by atoms with van der Waals surface area (Å²) in [4.78, 5) is 28.5. The monoisotopic (exact) mass is 396 g/mol. The summed E-state index contributed by atoms with van der Waals surface area (Å²) in [5.41, 5.74) is 4.34. The van der Waals surface area contributed by atoms with Crippen molar-refractivity contribution < 1.29 is 19.1 Å². The third-order valence-electron chi connectivity index (χ3n) is 5.35. The van der Waals surface area contributed by atoms with E-state index >= 15 is 0 Å². The molecule has 0 aromatic heterocycles. The predicted octanol–water partition coefficient (Wildman–Crippen LogP) is 2.75. The molecule has 1 amide bonds. The fourth-order valence-corrected chi connectivity index (χ4v) is 3.37. The van der Waals surface area contributed by atoms with E-state index in [-0.39, 0.29) is 24.9 Å². The van der Waals surface area contributed by atoms with Crippen LogP contribution in [0.1, 0.15) is 16.7 Å². The molecule has 3 rings (SSSR count). The molecule has 6 nitrogen and oxygen atoms in total. The van der Waals surface area contributed by atoms with Crippen LogP contribution in [0.2, 0.25) is 0 Å². The molecule has 1 fully saturated rings. The highest BCUT2D eigenvalue weighted by atomic mass is 16.5. The Labute approximate surface area is 172 Å². The van der Waals surface area contributed by atoms with Gasteiger partial charge in [-0.05, 0) is 54.8 Å². The molecule has 0 radical (unpaired) electrons. The number of anilines is 1. The summed E-state index contributed by atoms with van der Waals surface area (Å²) in [7, 11) is 1.65. The zero-order chi connectivity index (χ0) is 20.8. The number of esters is 1. The van der Waals surface area contributed by atoms with E-state index in [4.69, 9.17) is 9.47 Å². The smallest absolute Gasteiger partial charge is 0.310 e. The zero-order valence-corrected chi connectivity index (χ0v) is 17.3. The van der Waals surface area contributed by atoms with Crippen LogP contribution in [0.25, 0.3) is 0 Å². The van der Waals surface area contributed by atoms with Gasteiger partial charge in [-0.15, -0.1) is 0 Å². The first-order valence-electron chi connectivity index (χ1n) is 9.85. The Kier molecular flexibility index (Phi) is 6.75. The molecule has 154 valence electrons. The molecule has 0 N–H and O–H groups in total. The molecule has 0 bridgehead atoms. The van der Waals surface area contributed by atoms with E-state index < -0.39 is 0 Å². The SMILES string of the molecule is COc1ccc(N2CCN(C(=O)COC(=O)Cc3ccc(C)c(C)c3)CC2)cc1. The highest BCUT2D eigenvalue weighted by molar-refractivity contribution is 5.81. The molecule has 0 unspecified atom stereocenters. The van der Waals surface area contributed by atoms with Crippen LogP contribution < -0.4 is 9.64 Å². The lowest BCUT2D eigenvalue weighted by atomic mass is 10.0. The Morgan fingerprint density at radius 1 is 0.931 bits per heavy atom. The van der Waals surface area contributed by atoms with Gasteiger partial charge in [0.05, 0.1) is 13.5 Å². The van der Waals surface area contributed by atoms with Crippen LogP contribution in [0.15, 0.2) is 42.5 Å². The van der Waals surface area contributed by atoms with E-state index in [1.54, 1.807) is 12.0 Å². The molecule has 0 saturated carbocycles. The number of carbonyl (C=O) groups is 2. The number of hydrogen-bond acceptors (Lipinski definition) is 5. The third kappa shape index (κ3) is 5.50.